The Labute approximate surface area is 125 Å². The number of rotatable bonds is 4. The molecule has 4 nitrogen and oxygen atoms in total. The number of ether oxygens (including phenoxy) is 1. The molecule has 1 unspecified atom stereocenters. The van der Waals surface area contributed by atoms with Gasteiger partial charge in [0.2, 0.25) is 0 Å². The maximum absolute atomic E-state index is 12.3. The Bertz CT molecular complexity index is 551. The molecule has 0 radical (unpaired) electrons. The molecule has 4 heteroatoms. The number of hydrogen-bond donors (Lipinski definition) is 2. The highest BCUT2D eigenvalue weighted by Gasteiger charge is 2.17. The summed E-state index contributed by atoms with van der Waals surface area (Å²) in [6.07, 6.45) is 1.41. The van der Waals surface area contributed by atoms with Crippen molar-refractivity contribution in [2.24, 2.45) is 5.92 Å². The van der Waals surface area contributed by atoms with E-state index in [0.29, 0.717) is 30.0 Å². The van der Waals surface area contributed by atoms with Gasteiger partial charge in [0.25, 0.3) is 5.91 Å². The third kappa shape index (κ3) is 4.59. The minimum absolute atomic E-state index is 0.0298. The minimum Gasteiger partial charge on any atom is -0.395 e. The smallest absolute Gasteiger partial charge is 0.252 e. The molecule has 0 bridgehead atoms. The van der Waals surface area contributed by atoms with Crippen molar-refractivity contribution in [3.8, 4) is 11.8 Å². The van der Waals surface area contributed by atoms with Crippen molar-refractivity contribution in [1.82, 2.24) is 5.32 Å². The third-order valence-electron chi connectivity index (χ3n) is 3.45. The molecule has 2 N–H and O–H groups in total. The number of aliphatic hydroxyl groups excluding tert-OH is 1. The zero-order chi connectivity index (χ0) is 15.1. The van der Waals surface area contributed by atoms with Gasteiger partial charge in [0.15, 0.2) is 0 Å². The molecule has 2 rings (SSSR count). The van der Waals surface area contributed by atoms with E-state index in [0.717, 1.165) is 25.2 Å². The molecule has 1 aliphatic rings. The average Bonchev–Trinajstić information content (AvgIpc) is 2.98. The molecule has 1 aromatic rings. The molecule has 1 fully saturated rings. The van der Waals surface area contributed by atoms with Crippen LogP contribution in [0.2, 0.25) is 0 Å². The SMILES string of the molecule is Cc1ccc(C(=O)NCC2CCOC2)c(C#CCCO)c1. The molecule has 0 saturated carbocycles. The molecule has 1 atom stereocenters. The van der Waals surface area contributed by atoms with Crippen LogP contribution < -0.4 is 5.32 Å². The van der Waals surface area contributed by atoms with E-state index in [9.17, 15) is 4.79 Å². The summed E-state index contributed by atoms with van der Waals surface area (Å²) in [5.74, 6) is 6.14. The van der Waals surface area contributed by atoms with Gasteiger partial charge in [-0.1, -0.05) is 17.9 Å². The number of carbonyl (C=O) groups is 1. The highest BCUT2D eigenvalue weighted by atomic mass is 16.5. The zero-order valence-corrected chi connectivity index (χ0v) is 12.3. The Morgan fingerprint density at radius 3 is 3.10 bits per heavy atom. The molecule has 0 spiro atoms. The van der Waals surface area contributed by atoms with E-state index in [1.54, 1.807) is 6.07 Å². The predicted molar refractivity (Wildman–Crippen MR) is 81.0 cm³/mol. The highest BCUT2D eigenvalue weighted by molar-refractivity contribution is 5.96. The van der Waals surface area contributed by atoms with Crippen LogP contribution in [-0.4, -0.2) is 37.4 Å². The summed E-state index contributed by atoms with van der Waals surface area (Å²) in [6, 6.07) is 5.61. The van der Waals surface area contributed by atoms with Crippen molar-refractivity contribution in [3.63, 3.8) is 0 Å². The molecule has 0 aliphatic carbocycles. The number of hydrogen-bond acceptors (Lipinski definition) is 3. The van der Waals surface area contributed by atoms with Crippen molar-refractivity contribution >= 4 is 5.91 Å². The monoisotopic (exact) mass is 287 g/mol. The summed E-state index contributed by atoms with van der Waals surface area (Å²) in [6.45, 7) is 4.13. The highest BCUT2D eigenvalue weighted by Crippen LogP contribution is 2.13. The first kappa shape index (κ1) is 15.6. The van der Waals surface area contributed by atoms with Crippen LogP contribution in [0.1, 0.15) is 34.3 Å². The van der Waals surface area contributed by atoms with E-state index in [4.69, 9.17) is 9.84 Å². The average molecular weight is 287 g/mol. The summed E-state index contributed by atoms with van der Waals surface area (Å²) < 4.78 is 5.30. The fourth-order valence-corrected chi connectivity index (χ4v) is 2.25. The zero-order valence-electron chi connectivity index (χ0n) is 12.3. The number of carbonyl (C=O) groups excluding carboxylic acids is 1. The van der Waals surface area contributed by atoms with Gasteiger partial charge in [-0.3, -0.25) is 4.79 Å². The first-order valence-electron chi connectivity index (χ1n) is 7.27. The van der Waals surface area contributed by atoms with Crippen LogP contribution in [0.4, 0.5) is 0 Å². The standard InChI is InChI=1S/C17H21NO3/c1-13-5-6-16(15(10-13)4-2-3-8-19)17(20)18-11-14-7-9-21-12-14/h5-6,10,14,19H,3,7-9,11-12H2,1H3,(H,18,20). The summed E-state index contributed by atoms with van der Waals surface area (Å²) in [5.41, 5.74) is 2.36. The van der Waals surface area contributed by atoms with Crippen molar-refractivity contribution < 1.29 is 14.6 Å². The van der Waals surface area contributed by atoms with Crippen molar-refractivity contribution in [2.75, 3.05) is 26.4 Å². The van der Waals surface area contributed by atoms with Gasteiger partial charge in [0, 0.05) is 31.1 Å². The quantitative estimate of drug-likeness (QED) is 0.825. The van der Waals surface area contributed by atoms with E-state index in [-0.39, 0.29) is 12.5 Å². The lowest BCUT2D eigenvalue weighted by atomic mass is 10.0. The molecular weight excluding hydrogens is 266 g/mol. The van der Waals surface area contributed by atoms with Gasteiger partial charge in [-0.2, -0.15) is 0 Å². The van der Waals surface area contributed by atoms with Gasteiger partial charge >= 0.3 is 0 Å². The van der Waals surface area contributed by atoms with Gasteiger partial charge in [-0.15, -0.1) is 0 Å². The first-order valence-corrected chi connectivity index (χ1v) is 7.27. The third-order valence-corrected chi connectivity index (χ3v) is 3.45. The van der Waals surface area contributed by atoms with Crippen LogP contribution in [0.3, 0.4) is 0 Å². The Morgan fingerprint density at radius 2 is 2.38 bits per heavy atom. The van der Waals surface area contributed by atoms with Crippen molar-refractivity contribution in [1.29, 1.82) is 0 Å². The van der Waals surface area contributed by atoms with E-state index >= 15 is 0 Å². The second-order valence-electron chi connectivity index (χ2n) is 5.26. The Hall–Kier alpha value is -1.83. The number of aryl methyl sites for hydroxylation is 1. The second kappa shape index (κ2) is 7.82. The molecule has 1 amide bonds. The largest absolute Gasteiger partial charge is 0.395 e. The normalized spacial score (nSPS) is 17.1. The Balaban J connectivity index is 2.06. The van der Waals surface area contributed by atoms with Crippen molar-refractivity contribution in [2.45, 2.75) is 19.8 Å². The molecular formula is C17H21NO3. The summed E-state index contributed by atoms with van der Waals surface area (Å²) >= 11 is 0. The topological polar surface area (TPSA) is 58.6 Å². The molecule has 1 aromatic carbocycles. The lowest BCUT2D eigenvalue weighted by molar-refractivity contribution is 0.0945. The number of aliphatic hydroxyl groups is 1. The minimum atomic E-state index is -0.102. The number of nitrogens with one attached hydrogen (secondary N) is 1. The van der Waals surface area contributed by atoms with Crippen LogP contribution >= 0.6 is 0 Å². The molecule has 1 saturated heterocycles. The van der Waals surface area contributed by atoms with Crippen LogP contribution in [-0.2, 0) is 4.74 Å². The van der Waals surface area contributed by atoms with Crippen LogP contribution in [0, 0.1) is 24.7 Å². The van der Waals surface area contributed by atoms with Crippen LogP contribution in [0.15, 0.2) is 18.2 Å². The first-order chi connectivity index (χ1) is 10.2. The number of amides is 1. The molecule has 1 aliphatic heterocycles. The maximum atomic E-state index is 12.3. The van der Waals surface area contributed by atoms with Gasteiger partial charge in [0.05, 0.1) is 18.8 Å². The van der Waals surface area contributed by atoms with E-state index in [1.165, 1.54) is 0 Å². The summed E-state index contributed by atoms with van der Waals surface area (Å²) in [4.78, 5) is 12.3. The molecule has 1 heterocycles. The van der Waals surface area contributed by atoms with Crippen LogP contribution in [0.5, 0.6) is 0 Å². The van der Waals surface area contributed by atoms with E-state index < -0.39 is 0 Å². The summed E-state index contributed by atoms with van der Waals surface area (Å²) in [5, 5.41) is 11.7. The van der Waals surface area contributed by atoms with Crippen molar-refractivity contribution in [3.05, 3.63) is 34.9 Å². The lowest BCUT2D eigenvalue weighted by Crippen LogP contribution is -2.30. The van der Waals surface area contributed by atoms with E-state index in [2.05, 4.69) is 17.2 Å². The molecule has 21 heavy (non-hydrogen) atoms. The fraction of sp³-hybridized carbons (Fsp3) is 0.471. The van der Waals surface area contributed by atoms with Crippen LogP contribution in [0.25, 0.3) is 0 Å². The Kier molecular flexibility index (Phi) is 5.79. The fourth-order valence-electron chi connectivity index (χ4n) is 2.25. The second-order valence-corrected chi connectivity index (χ2v) is 5.26. The molecule has 112 valence electrons. The van der Waals surface area contributed by atoms with Gasteiger partial charge < -0.3 is 15.2 Å². The van der Waals surface area contributed by atoms with Gasteiger partial charge in [0.1, 0.15) is 0 Å². The predicted octanol–water partition coefficient (Wildman–Crippen LogP) is 1.50. The lowest BCUT2D eigenvalue weighted by Gasteiger charge is -2.11. The Morgan fingerprint density at radius 1 is 1.52 bits per heavy atom. The summed E-state index contributed by atoms with van der Waals surface area (Å²) in [7, 11) is 0. The van der Waals surface area contributed by atoms with Gasteiger partial charge in [-0.05, 0) is 31.0 Å². The van der Waals surface area contributed by atoms with Gasteiger partial charge in [-0.25, -0.2) is 0 Å². The van der Waals surface area contributed by atoms with E-state index in [1.807, 2.05) is 19.1 Å². The number of benzene rings is 1. The molecule has 0 aromatic heterocycles. The maximum Gasteiger partial charge on any atom is 0.252 e.